The van der Waals surface area contributed by atoms with Crippen molar-refractivity contribution in [3.05, 3.63) is 12.2 Å². The number of carbonyl (C=O) groups is 2. The molecule has 1 heterocycles. The van der Waals surface area contributed by atoms with E-state index in [1.807, 2.05) is 0 Å². The molecule has 0 spiro atoms. The number of piperazine rings is 1. The van der Waals surface area contributed by atoms with E-state index < -0.39 is 11.9 Å². The zero-order chi connectivity index (χ0) is 17.4. The number of aliphatic carboxylic acids is 2. The molecule has 136 valence electrons. The summed E-state index contributed by atoms with van der Waals surface area (Å²) in [5, 5.41) is 14.8. The van der Waals surface area contributed by atoms with Crippen molar-refractivity contribution in [2.45, 2.75) is 51.0 Å². The third-order valence-corrected chi connectivity index (χ3v) is 5.32. The molecule has 0 amide bonds. The van der Waals surface area contributed by atoms with Gasteiger partial charge >= 0.3 is 11.9 Å². The Morgan fingerprint density at radius 2 is 1.54 bits per heavy atom. The van der Waals surface area contributed by atoms with Crippen molar-refractivity contribution in [3.63, 3.8) is 0 Å². The molecule has 1 saturated carbocycles. The predicted octanol–water partition coefficient (Wildman–Crippen LogP) is 2.06. The van der Waals surface area contributed by atoms with Crippen LogP contribution in [0.15, 0.2) is 12.2 Å². The van der Waals surface area contributed by atoms with Gasteiger partial charge in [-0.2, -0.15) is 0 Å². The fourth-order valence-corrected chi connectivity index (χ4v) is 3.97. The fourth-order valence-electron chi connectivity index (χ4n) is 3.97. The molecule has 2 fully saturated rings. The summed E-state index contributed by atoms with van der Waals surface area (Å²) in [6.07, 6.45) is 14.7. The highest BCUT2D eigenvalue weighted by Gasteiger charge is 2.26. The van der Waals surface area contributed by atoms with Gasteiger partial charge in [0.2, 0.25) is 0 Å². The molecule has 2 aliphatic carbocycles. The van der Waals surface area contributed by atoms with Gasteiger partial charge in [-0.15, -0.1) is 0 Å². The molecule has 0 radical (unpaired) electrons. The molecule has 1 aliphatic heterocycles. The Labute approximate surface area is 144 Å². The smallest absolute Gasteiger partial charge is 0.414 e. The van der Waals surface area contributed by atoms with E-state index >= 15 is 0 Å². The van der Waals surface area contributed by atoms with Crippen LogP contribution in [0.3, 0.4) is 0 Å². The maximum absolute atomic E-state index is 9.10. The minimum atomic E-state index is -1.82. The second-order valence-electron chi connectivity index (χ2n) is 7.04. The molecule has 0 aromatic rings. The summed E-state index contributed by atoms with van der Waals surface area (Å²) in [7, 11) is 0. The van der Waals surface area contributed by atoms with E-state index in [-0.39, 0.29) is 0 Å². The van der Waals surface area contributed by atoms with E-state index in [4.69, 9.17) is 19.8 Å². The summed E-state index contributed by atoms with van der Waals surface area (Å²) in [5.74, 6) is -2.71. The second kappa shape index (κ2) is 9.79. The SMILES string of the molecule is C1=CCC(CN2CCN(C3CCCC3)CC2)CC1.O=C(O)C(=O)O. The lowest BCUT2D eigenvalue weighted by molar-refractivity contribution is -0.159. The van der Waals surface area contributed by atoms with Gasteiger partial charge in [-0.05, 0) is 38.0 Å². The van der Waals surface area contributed by atoms with Crippen LogP contribution >= 0.6 is 0 Å². The Morgan fingerprint density at radius 3 is 2.04 bits per heavy atom. The monoisotopic (exact) mass is 338 g/mol. The van der Waals surface area contributed by atoms with Gasteiger partial charge < -0.3 is 15.1 Å². The number of nitrogens with zero attached hydrogens (tertiary/aromatic N) is 2. The van der Waals surface area contributed by atoms with E-state index in [0.29, 0.717) is 0 Å². The Morgan fingerprint density at radius 1 is 0.917 bits per heavy atom. The molecule has 0 aromatic heterocycles. The van der Waals surface area contributed by atoms with Crippen LogP contribution in [-0.4, -0.2) is 70.7 Å². The maximum Gasteiger partial charge on any atom is 0.414 e. The molecule has 2 N–H and O–H groups in total. The average Bonchev–Trinajstić information content (AvgIpc) is 3.11. The van der Waals surface area contributed by atoms with Crippen LogP contribution in [0.25, 0.3) is 0 Å². The standard InChI is InChI=1S/C16H28N2.C2H2O4/c1-2-6-15(7-3-1)14-17-10-12-18(13-11-17)16-8-4-5-9-16;3-1(4)2(5)6/h1-2,15-16H,3-14H2;(H,3,4)(H,5,6). The van der Waals surface area contributed by atoms with Gasteiger partial charge in [-0.25, -0.2) is 9.59 Å². The van der Waals surface area contributed by atoms with Gasteiger partial charge in [0, 0.05) is 38.8 Å². The Hall–Kier alpha value is -1.40. The quantitative estimate of drug-likeness (QED) is 0.605. The molecule has 0 aromatic carbocycles. The van der Waals surface area contributed by atoms with E-state index in [1.54, 1.807) is 0 Å². The Bertz CT molecular complexity index is 426. The van der Waals surface area contributed by atoms with Gasteiger partial charge in [-0.3, -0.25) is 4.90 Å². The van der Waals surface area contributed by atoms with E-state index in [0.717, 1.165) is 12.0 Å². The maximum atomic E-state index is 9.10. The van der Waals surface area contributed by atoms with Gasteiger partial charge in [0.1, 0.15) is 0 Å². The van der Waals surface area contributed by atoms with Crippen molar-refractivity contribution < 1.29 is 19.8 Å². The van der Waals surface area contributed by atoms with Crippen LogP contribution in [0.4, 0.5) is 0 Å². The minimum Gasteiger partial charge on any atom is -0.473 e. The van der Waals surface area contributed by atoms with E-state index in [1.165, 1.54) is 77.7 Å². The summed E-state index contributed by atoms with van der Waals surface area (Å²) in [6.45, 7) is 6.64. The van der Waals surface area contributed by atoms with Crippen LogP contribution in [0, 0.1) is 5.92 Å². The van der Waals surface area contributed by atoms with Crippen molar-refractivity contribution in [3.8, 4) is 0 Å². The van der Waals surface area contributed by atoms with Crippen molar-refractivity contribution in [1.82, 2.24) is 9.80 Å². The van der Waals surface area contributed by atoms with Crippen LogP contribution in [0.5, 0.6) is 0 Å². The van der Waals surface area contributed by atoms with E-state index in [2.05, 4.69) is 22.0 Å². The lowest BCUT2D eigenvalue weighted by atomic mass is 9.94. The number of allylic oxidation sites excluding steroid dienone is 2. The molecule has 6 heteroatoms. The number of carboxylic acid groups (broad SMARTS) is 2. The Kier molecular flexibility index (Phi) is 7.72. The Balaban J connectivity index is 0.000000301. The second-order valence-corrected chi connectivity index (χ2v) is 7.04. The highest BCUT2D eigenvalue weighted by molar-refractivity contribution is 6.27. The largest absolute Gasteiger partial charge is 0.473 e. The third-order valence-electron chi connectivity index (χ3n) is 5.32. The highest BCUT2D eigenvalue weighted by Crippen LogP contribution is 2.25. The number of hydrogen-bond donors (Lipinski definition) is 2. The molecule has 6 nitrogen and oxygen atoms in total. The fraction of sp³-hybridized carbons (Fsp3) is 0.778. The van der Waals surface area contributed by atoms with Crippen molar-refractivity contribution in [2.24, 2.45) is 5.92 Å². The van der Waals surface area contributed by atoms with Gasteiger partial charge in [-0.1, -0.05) is 25.0 Å². The average molecular weight is 338 g/mol. The molecule has 3 aliphatic rings. The third kappa shape index (κ3) is 6.24. The summed E-state index contributed by atoms with van der Waals surface area (Å²) < 4.78 is 0. The first-order chi connectivity index (χ1) is 11.6. The molecular weight excluding hydrogens is 308 g/mol. The van der Waals surface area contributed by atoms with Crippen LogP contribution in [0.1, 0.15) is 44.9 Å². The molecule has 24 heavy (non-hydrogen) atoms. The number of hydrogen-bond acceptors (Lipinski definition) is 4. The molecule has 1 unspecified atom stereocenters. The summed E-state index contributed by atoms with van der Waals surface area (Å²) in [4.78, 5) is 23.7. The topological polar surface area (TPSA) is 81.1 Å². The first-order valence-corrected chi connectivity index (χ1v) is 9.14. The normalized spacial score (nSPS) is 25.9. The van der Waals surface area contributed by atoms with Gasteiger partial charge in [0.15, 0.2) is 0 Å². The van der Waals surface area contributed by atoms with Crippen LogP contribution in [0.2, 0.25) is 0 Å². The number of carboxylic acids is 2. The first-order valence-electron chi connectivity index (χ1n) is 9.14. The summed E-state index contributed by atoms with van der Waals surface area (Å²) in [5.41, 5.74) is 0. The van der Waals surface area contributed by atoms with Crippen LogP contribution in [-0.2, 0) is 9.59 Å². The van der Waals surface area contributed by atoms with Gasteiger partial charge in [0.05, 0.1) is 0 Å². The molecule has 3 rings (SSSR count). The summed E-state index contributed by atoms with van der Waals surface area (Å²) in [6, 6.07) is 0.935. The molecular formula is C18H30N2O4. The highest BCUT2D eigenvalue weighted by atomic mass is 16.4. The van der Waals surface area contributed by atoms with Crippen molar-refractivity contribution in [1.29, 1.82) is 0 Å². The molecule has 1 saturated heterocycles. The number of rotatable bonds is 3. The van der Waals surface area contributed by atoms with Crippen LogP contribution < -0.4 is 0 Å². The molecule has 0 bridgehead atoms. The zero-order valence-corrected chi connectivity index (χ0v) is 14.4. The van der Waals surface area contributed by atoms with E-state index in [9.17, 15) is 0 Å². The summed E-state index contributed by atoms with van der Waals surface area (Å²) >= 11 is 0. The zero-order valence-electron chi connectivity index (χ0n) is 14.4. The van der Waals surface area contributed by atoms with Crippen molar-refractivity contribution in [2.75, 3.05) is 32.7 Å². The predicted molar refractivity (Wildman–Crippen MR) is 92.0 cm³/mol. The lowest BCUT2D eigenvalue weighted by Crippen LogP contribution is -2.50. The van der Waals surface area contributed by atoms with Crippen molar-refractivity contribution >= 4 is 11.9 Å². The first kappa shape index (κ1) is 18.9. The lowest BCUT2D eigenvalue weighted by Gasteiger charge is -2.39. The molecule has 1 atom stereocenters. The van der Waals surface area contributed by atoms with Gasteiger partial charge in [0.25, 0.3) is 0 Å². The minimum absolute atomic E-state index is 0.935.